The first-order chi connectivity index (χ1) is 15.1. The monoisotopic (exact) mass is 438 g/mol. The number of para-hydroxylation sites is 1. The number of fused-ring (bicyclic) bond motifs is 2. The van der Waals surface area contributed by atoms with Crippen molar-refractivity contribution in [1.82, 2.24) is 9.88 Å². The Morgan fingerprint density at radius 1 is 1.16 bits per heavy atom. The summed E-state index contributed by atoms with van der Waals surface area (Å²) in [5.74, 6) is 2.89. The minimum absolute atomic E-state index is 0.369. The van der Waals surface area contributed by atoms with Crippen LogP contribution in [0.15, 0.2) is 42.6 Å². The summed E-state index contributed by atoms with van der Waals surface area (Å²) in [4.78, 5) is 6.12. The van der Waals surface area contributed by atoms with Crippen molar-refractivity contribution in [2.45, 2.75) is 32.2 Å². The van der Waals surface area contributed by atoms with Crippen LogP contribution in [0.25, 0.3) is 10.9 Å². The molecular formula is C26H34N2O2S. The number of nitrogens with one attached hydrogen (secondary N) is 1. The van der Waals surface area contributed by atoms with Crippen molar-refractivity contribution >= 4 is 26.8 Å². The zero-order chi connectivity index (χ0) is 21.8. The molecule has 0 spiro atoms. The van der Waals surface area contributed by atoms with Gasteiger partial charge in [-0.3, -0.25) is 4.90 Å². The van der Waals surface area contributed by atoms with E-state index in [1.54, 1.807) is 14.2 Å². The summed E-state index contributed by atoms with van der Waals surface area (Å²) in [6.07, 6.45) is 7.73. The van der Waals surface area contributed by atoms with Crippen LogP contribution in [0.5, 0.6) is 11.5 Å². The van der Waals surface area contributed by atoms with E-state index in [2.05, 4.69) is 71.0 Å². The lowest BCUT2D eigenvalue weighted by atomic mass is 9.88. The smallest absolute Gasteiger partial charge is 0.161 e. The minimum atomic E-state index is 0.369. The second kappa shape index (κ2) is 9.92. The molecular weight excluding hydrogens is 404 g/mol. The quantitative estimate of drug-likeness (QED) is 0.476. The van der Waals surface area contributed by atoms with Crippen molar-refractivity contribution in [2.24, 2.45) is 0 Å². The molecule has 0 fully saturated rings. The van der Waals surface area contributed by atoms with Crippen LogP contribution in [0.4, 0.5) is 0 Å². The topological polar surface area (TPSA) is 37.5 Å². The summed E-state index contributed by atoms with van der Waals surface area (Å²) >= 11 is 0. The van der Waals surface area contributed by atoms with Gasteiger partial charge in [0.25, 0.3) is 0 Å². The summed E-state index contributed by atoms with van der Waals surface area (Å²) in [5.41, 5.74) is 5.43. The number of methoxy groups -OCH3 is 2. The molecule has 4 rings (SSSR count). The molecule has 0 aliphatic carbocycles. The van der Waals surface area contributed by atoms with E-state index in [1.165, 1.54) is 33.3 Å². The number of benzene rings is 2. The first-order valence-electron chi connectivity index (χ1n) is 11.1. The highest BCUT2D eigenvalue weighted by atomic mass is 32.2. The lowest BCUT2D eigenvalue weighted by molar-refractivity contribution is 0.186. The molecule has 4 nitrogen and oxygen atoms in total. The maximum absolute atomic E-state index is 5.66. The molecule has 2 unspecified atom stereocenters. The number of nitrogens with zero attached hydrogens (tertiary/aromatic N) is 1. The van der Waals surface area contributed by atoms with E-state index in [0.29, 0.717) is 16.5 Å². The van der Waals surface area contributed by atoms with Gasteiger partial charge in [-0.15, -0.1) is 0 Å². The molecule has 2 aromatic carbocycles. The zero-order valence-electron chi connectivity index (χ0n) is 19.1. The van der Waals surface area contributed by atoms with Crippen LogP contribution in [-0.2, 0) is 12.8 Å². The largest absolute Gasteiger partial charge is 0.493 e. The Morgan fingerprint density at radius 3 is 2.71 bits per heavy atom. The van der Waals surface area contributed by atoms with Gasteiger partial charge in [-0.05, 0) is 67.3 Å². The molecule has 1 aliphatic rings. The number of ether oxygens (including phenoxy) is 2. The fourth-order valence-electron chi connectivity index (χ4n) is 4.70. The lowest BCUT2D eigenvalue weighted by Crippen LogP contribution is -2.37. The highest BCUT2D eigenvalue weighted by Crippen LogP contribution is 2.40. The predicted octanol–water partition coefficient (Wildman–Crippen LogP) is 5.44. The third kappa shape index (κ3) is 4.68. The summed E-state index contributed by atoms with van der Waals surface area (Å²) in [6.45, 7) is 4.42. The van der Waals surface area contributed by atoms with Gasteiger partial charge in [-0.1, -0.05) is 23.6 Å². The molecule has 1 aliphatic heterocycles. The third-order valence-electron chi connectivity index (χ3n) is 6.58. The van der Waals surface area contributed by atoms with Crippen molar-refractivity contribution in [3.8, 4) is 11.5 Å². The van der Waals surface area contributed by atoms with E-state index in [9.17, 15) is 0 Å². The van der Waals surface area contributed by atoms with Crippen LogP contribution in [-0.4, -0.2) is 54.6 Å². The van der Waals surface area contributed by atoms with Gasteiger partial charge in [0.2, 0.25) is 0 Å². The lowest BCUT2D eigenvalue weighted by Gasteiger charge is -2.38. The van der Waals surface area contributed by atoms with Crippen molar-refractivity contribution in [1.29, 1.82) is 0 Å². The number of hydrogen-bond acceptors (Lipinski definition) is 3. The van der Waals surface area contributed by atoms with Crippen LogP contribution in [0.1, 0.15) is 36.1 Å². The molecule has 5 heteroatoms. The number of aryl methyl sites for hydroxylation is 1. The van der Waals surface area contributed by atoms with E-state index in [0.717, 1.165) is 43.9 Å². The predicted molar refractivity (Wildman–Crippen MR) is 134 cm³/mol. The number of H-pyrrole nitrogens is 1. The summed E-state index contributed by atoms with van der Waals surface area (Å²) in [6, 6.07) is 13.4. The molecule has 1 aromatic heterocycles. The van der Waals surface area contributed by atoms with Gasteiger partial charge in [-0.25, -0.2) is 0 Å². The molecule has 166 valence electrons. The third-order valence-corrected chi connectivity index (χ3v) is 8.21. The number of aromatic nitrogens is 1. The average Bonchev–Trinajstić information content (AvgIpc) is 3.23. The van der Waals surface area contributed by atoms with Crippen molar-refractivity contribution in [3.63, 3.8) is 0 Å². The van der Waals surface area contributed by atoms with Crippen LogP contribution >= 0.6 is 10.5 Å². The first kappa shape index (κ1) is 22.0. The minimum Gasteiger partial charge on any atom is -0.493 e. The van der Waals surface area contributed by atoms with E-state index >= 15 is 0 Å². The van der Waals surface area contributed by atoms with Crippen LogP contribution in [0.3, 0.4) is 0 Å². The SMILES string of the molecule is C/C=S(/C)CCN1CCc2cc(OC)c(OC)cc2C1CCc1c[nH]c2ccccc12. The molecule has 0 amide bonds. The first-order valence-corrected chi connectivity index (χ1v) is 13.0. The Bertz CT molecular complexity index is 1070. The Hall–Kier alpha value is -2.24. The molecule has 1 N–H and O–H groups in total. The number of hydrogen-bond donors (Lipinski definition) is 1. The maximum Gasteiger partial charge on any atom is 0.161 e. The zero-order valence-corrected chi connectivity index (χ0v) is 19.9. The number of aromatic amines is 1. The fraction of sp³-hybridized carbons (Fsp3) is 0.423. The Balaban J connectivity index is 1.64. The molecule has 0 bridgehead atoms. The van der Waals surface area contributed by atoms with Gasteiger partial charge >= 0.3 is 0 Å². The molecule has 31 heavy (non-hydrogen) atoms. The Morgan fingerprint density at radius 2 is 1.94 bits per heavy atom. The number of rotatable bonds is 8. The summed E-state index contributed by atoms with van der Waals surface area (Å²) < 4.78 is 11.2. The maximum atomic E-state index is 5.66. The standard InChI is InChI=1S/C26H34N2O2S/c1-5-31(4)15-14-28-13-12-19-16-25(29-2)26(30-3)17-22(19)24(28)11-10-20-18-27-23-9-7-6-8-21(20)23/h5-9,16-18,24,27H,10-15H2,1-4H3. The van der Waals surface area contributed by atoms with Gasteiger partial charge in [0.1, 0.15) is 0 Å². The van der Waals surface area contributed by atoms with Crippen LogP contribution in [0.2, 0.25) is 0 Å². The molecule has 0 saturated carbocycles. The van der Waals surface area contributed by atoms with E-state index in [4.69, 9.17) is 9.47 Å². The molecule has 2 heterocycles. The Kier molecular flexibility index (Phi) is 7.03. The van der Waals surface area contributed by atoms with Gasteiger partial charge in [0, 0.05) is 42.0 Å². The molecule has 0 radical (unpaired) electrons. The van der Waals surface area contributed by atoms with E-state index in [1.807, 2.05) is 0 Å². The van der Waals surface area contributed by atoms with E-state index in [-0.39, 0.29) is 0 Å². The molecule has 2 atom stereocenters. The fourth-order valence-corrected chi connectivity index (χ4v) is 5.45. The van der Waals surface area contributed by atoms with Crippen molar-refractivity contribution < 1.29 is 9.47 Å². The second-order valence-corrected chi connectivity index (χ2v) is 10.5. The van der Waals surface area contributed by atoms with Gasteiger partial charge in [-0.2, -0.15) is 10.5 Å². The van der Waals surface area contributed by atoms with Crippen molar-refractivity contribution in [3.05, 3.63) is 59.3 Å². The molecule has 3 aromatic rings. The van der Waals surface area contributed by atoms with Crippen LogP contribution in [0, 0.1) is 0 Å². The van der Waals surface area contributed by atoms with Gasteiger partial charge < -0.3 is 14.5 Å². The van der Waals surface area contributed by atoms with Crippen molar-refractivity contribution in [2.75, 3.05) is 39.3 Å². The summed E-state index contributed by atoms with van der Waals surface area (Å²) in [7, 11) is 3.82. The van der Waals surface area contributed by atoms with Crippen LogP contribution < -0.4 is 9.47 Å². The highest BCUT2D eigenvalue weighted by Gasteiger charge is 2.29. The average molecular weight is 439 g/mol. The highest BCUT2D eigenvalue weighted by molar-refractivity contribution is 8.14. The second-order valence-electron chi connectivity index (χ2n) is 8.24. The molecule has 0 saturated heterocycles. The normalized spacial score (nSPS) is 17.6. The van der Waals surface area contributed by atoms with Gasteiger partial charge in [0.15, 0.2) is 11.5 Å². The summed E-state index contributed by atoms with van der Waals surface area (Å²) in [5, 5.41) is 3.68. The van der Waals surface area contributed by atoms with Gasteiger partial charge in [0.05, 0.1) is 14.2 Å². The van der Waals surface area contributed by atoms with E-state index < -0.39 is 0 Å². The Labute approximate surface area is 188 Å².